The Morgan fingerprint density at radius 3 is 2.30 bits per heavy atom. The molecule has 0 heterocycles. The van der Waals surface area contributed by atoms with Crippen molar-refractivity contribution in [3.8, 4) is 5.75 Å². The lowest BCUT2D eigenvalue weighted by Gasteiger charge is -2.21. The molecule has 6 nitrogen and oxygen atoms in total. The second kappa shape index (κ2) is 8.06. The van der Waals surface area contributed by atoms with Crippen LogP contribution < -0.4 is 14.8 Å². The Hall–Kier alpha value is -1.80. The molecule has 27 heavy (non-hydrogen) atoms. The zero-order valence-corrected chi connectivity index (χ0v) is 17.6. The molecule has 146 valence electrons. The van der Waals surface area contributed by atoms with Gasteiger partial charge >= 0.3 is 0 Å². The Bertz CT molecular complexity index is 970. The second-order valence-electron chi connectivity index (χ2n) is 6.80. The van der Waals surface area contributed by atoms with Crippen molar-refractivity contribution in [1.82, 2.24) is 4.72 Å². The Labute approximate surface area is 168 Å². The summed E-state index contributed by atoms with van der Waals surface area (Å²) in [5.74, 6) is -0.212. The number of sulfonamides is 1. The summed E-state index contributed by atoms with van der Waals surface area (Å²) in [5.41, 5.74) is -0.256. The molecule has 0 aliphatic heterocycles. The average Bonchev–Trinajstić information content (AvgIpc) is 2.52. The van der Waals surface area contributed by atoms with Gasteiger partial charge in [-0.05, 0) is 57.2 Å². The highest BCUT2D eigenvalue weighted by Gasteiger charge is 2.23. The van der Waals surface area contributed by atoms with E-state index in [-0.39, 0.29) is 21.2 Å². The summed E-state index contributed by atoms with van der Waals surface area (Å²) in [7, 11) is -2.36. The maximum atomic E-state index is 12.5. The lowest BCUT2D eigenvalue weighted by molar-refractivity contribution is 0.102. The Balaban J connectivity index is 2.39. The van der Waals surface area contributed by atoms with Gasteiger partial charge < -0.3 is 10.1 Å². The van der Waals surface area contributed by atoms with Gasteiger partial charge in [-0.15, -0.1) is 0 Å². The zero-order valence-electron chi connectivity index (χ0n) is 15.3. The van der Waals surface area contributed by atoms with Crippen LogP contribution in [0.5, 0.6) is 5.75 Å². The third-order valence-corrected chi connectivity index (χ3v) is 5.65. The van der Waals surface area contributed by atoms with Gasteiger partial charge in [0.2, 0.25) is 10.0 Å². The van der Waals surface area contributed by atoms with E-state index < -0.39 is 21.5 Å². The quantitative estimate of drug-likeness (QED) is 0.738. The molecule has 0 unspecified atom stereocenters. The summed E-state index contributed by atoms with van der Waals surface area (Å²) in [6.45, 7) is 5.21. The maximum Gasteiger partial charge on any atom is 0.257 e. The molecule has 0 radical (unpaired) electrons. The first-order chi connectivity index (χ1) is 12.4. The number of amides is 1. The smallest absolute Gasteiger partial charge is 0.257 e. The average molecular weight is 431 g/mol. The number of carbonyl (C=O) groups is 1. The van der Waals surface area contributed by atoms with Crippen LogP contribution in [0.2, 0.25) is 10.0 Å². The van der Waals surface area contributed by atoms with E-state index in [1.54, 1.807) is 20.8 Å². The predicted octanol–water partition coefficient (Wildman–Crippen LogP) is 4.33. The highest BCUT2D eigenvalue weighted by atomic mass is 35.5. The summed E-state index contributed by atoms with van der Waals surface area (Å²) < 4.78 is 32.9. The predicted molar refractivity (Wildman–Crippen MR) is 107 cm³/mol. The van der Waals surface area contributed by atoms with Crippen LogP contribution in [0.25, 0.3) is 0 Å². The summed E-state index contributed by atoms with van der Waals surface area (Å²) in [4.78, 5) is 12.5. The van der Waals surface area contributed by atoms with Crippen LogP contribution in [0.4, 0.5) is 5.69 Å². The van der Waals surface area contributed by atoms with Crippen LogP contribution in [0.3, 0.4) is 0 Å². The van der Waals surface area contributed by atoms with Gasteiger partial charge in [0.15, 0.2) is 0 Å². The largest absolute Gasteiger partial charge is 0.495 e. The van der Waals surface area contributed by atoms with Gasteiger partial charge in [-0.25, -0.2) is 13.1 Å². The van der Waals surface area contributed by atoms with Crippen LogP contribution in [0, 0.1) is 0 Å². The standard InChI is InChI=1S/C18H20Cl2N2O4S/c1-18(2,3)22-27(24,25)12-6-8-16(26-4)15(10-12)21-17(23)13-7-5-11(19)9-14(13)20/h5-10,22H,1-4H3,(H,21,23). The monoisotopic (exact) mass is 430 g/mol. The van der Waals surface area contributed by atoms with Crippen molar-refractivity contribution in [3.63, 3.8) is 0 Å². The lowest BCUT2D eigenvalue weighted by atomic mass is 10.1. The lowest BCUT2D eigenvalue weighted by Crippen LogP contribution is -2.40. The van der Waals surface area contributed by atoms with E-state index in [1.807, 2.05) is 0 Å². The molecule has 0 atom stereocenters. The van der Waals surface area contributed by atoms with Crippen LogP contribution in [-0.2, 0) is 10.0 Å². The number of rotatable bonds is 5. The van der Waals surface area contributed by atoms with Crippen molar-refractivity contribution in [2.75, 3.05) is 12.4 Å². The molecular formula is C18H20Cl2N2O4S. The summed E-state index contributed by atoms with van der Waals surface area (Å²) >= 11 is 11.9. The number of benzene rings is 2. The van der Waals surface area contributed by atoms with Crippen molar-refractivity contribution in [3.05, 3.63) is 52.0 Å². The van der Waals surface area contributed by atoms with E-state index in [0.29, 0.717) is 10.8 Å². The van der Waals surface area contributed by atoms with E-state index in [2.05, 4.69) is 10.0 Å². The molecule has 2 aromatic rings. The van der Waals surface area contributed by atoms with Gasteiger partial charge in [-0.3, -0.25) is 4.79 Å². The molecule has 2 rings (SSSR count). The third kappa shape index (κ3) is 5.59. The van der Waals surface area contributed by atoms with Crippen LogP contribution in [0.1, 0.15) is 31.1 Å². The number of carbonyl (C=O) groups excluding carboxylic acids is 1. The van der Waals surface area contributed by atoms with Crippen LogP contribution in [0.15, 0.2) is 41.3 Å². The first-order valence-electron chi connectivity index (χ1n) is 7.91. The fourth-order valence-corrected chi connectivity index (χ4v) is 4.22. The maximum absolute atomic E-state index is 12.5. The minimum Gasteiger partial charge on any atom is -0.495 e. The molecule has 0 aliphatic carbocycles. The van der Waals surface area contributed by atoms with Crippen molar-refractivity contribution in [2.45, 2.75) is 31.2 Å². The topological polar surface area (TPSA) is 84.5 Å². The number of methoxy groups -OCH3 is 1. The number of anilines is 1. The molecule has 0 spiro atoms. The van der Waals surface area contributed by atoms with E-state index in [1.165, 1.54) is 43.5 Å². The molecule has 0 aliphatic rings. The fourth-order valence-electron chi connectivity index (χ4n) is 2.28. The number of hydrogen-bond acceptors (Lipinski definition) is 4. The third-order valence-electron chi connectivity index (χ3n) is 3.35. The summed E-state index contributed by atoms with van der Waals surface area (Å²) in [6.07, 6.45) is 0. The number of hydrogen-bond donors (Lipinski definition) is 2. The van der Waals surface area contributed by atoms with Gasteiger partial charge in [-0.1, -0.05) is 23.2 Å². The van der Waals surface area contributed by atoms with Gasteiger partial charge in [0.05, 0.1) is 28.3 Å². The molecule has 1 amide bonds. The molecule has 2 aromatic carbocycles. The van der Waals surface area contributed by atoms with Crippen molar-refractivity contribution in [1.29, 1.82) is 0 Å². The van der Waals surface area contributed by atoms with Crippen LogP contribution >= 0.6 is 23.2 Å². The van der Waals surface area contributed by atoms with Gasteiger partial charge in [0.25, 0.3) is 5.91 Å². The molecule has 0 fully saturated rings. The summed E-state index contributed by atoms with van der Waals surface area (Å²) in [5, 5.41) is 3.21. The molecule has 9 heteroatoms. The summed E-state index contributed by atoms with van der Waals surface area (Å²) in [6, 6.07) is 8.66. The van der Waals surface area contributed by atoms with E-state index in [0.717, 1.165) is 0 Å². The van der Waals surface area contributed by atoms with E-state index in [9.17, 15) is 13.2 Å². The van der Waals surface area contributed by atoms with Crippen molar-refractivity contribution >= 4 is 44.8 Å². The Morgan fingerprint density at radius 1 is 1.07 bits per heavy atom. The zero-order chi connectivity index (χ0) is 20.4. The second-order valence-corrected chi connectivity index (χ2v) is 9.32. The highest BCUT2D eigenvalue weighted by molar-refractivity contribution is 7.89. The van der Waals surface area contributed by atoms with Crippen molar-refractivity contribution < 1.29 is 17.9 Å². The van der Waals surface area contributed by atoms with Gasteiger partial charge in [0, 0.05) is 10.6 Å². The minimum atomic E-state index is -3.78. The number of nitrogens with one attached hydrogen (secondary N) is 2. The first-order valence-corrected chi connectivity index (χ1v) is 10.2. The normalized spacial score (nSPS) is 11.9. The molecule has 0 saturated heterocycles. The van der Waals surface area contributed by atoms with E-state index >= 15 is 0 Å². The molecular weight excluding hydrogens is 411 g/mol. The minimum absolute atomic E-state index is 0.00396. The first kappa shape index (κ1) is 21.5. The molecule has 2 N–H and O–H groups in total. The molecule has 0 saturated carbocycles. The fraction of sp³-hybridized carbons (Fsp3) is 0.278. The Kier molecular flexibility index (Phi) is 6.42. The Morgan fingerprint density at radius 2 is 1.74 bits per heavy atom. The highest BCUT2D eigenvalue weighted by Crippen LogP contribution is 2.29. The van der Waals surface area contributed by atoms with Gasteiger partial charge in [0.1, 0.15) is 5.75 Å². The van der Waals surface area contributed by atoms with Gasteiger partial charge in [-0.2, -0.15) is 0 Å². The SMILES string of the molecule is COc1ccc(S(=O)(=O)NC(C)(C)C)cc1NC(=O)c1ccc(Cl)cc1Cl. The number of ether oxygens (including phenoxy) is 1. The van der Waals surface area contributed by atoms with Crippen LogP contribution in [-0.4, -0.2) is 27.0 Å². The van der Waals surface area contributed by atoms with Crippen molar-refractivity contribution in [2.24, 2.45) is 0 Å². The van der Waals surface area contributed by atoms with E-state index in [4.69, 9.17) is 27.9 Å². The molecule has 0 aromatic heterocycles. The molecule has 0 bridgehead atoms. The number of halogens is 2.